The van der Waals surface area contributed by atoms with Crippen LogP contribution < -0.4 is 10.6 Å². The Morgan fingerprint density at radius 2 is 1.16 bits per heavy atom. The molecule has 5 rings (SSSR count). The zero-order valence-corrected chi connectivity index (χ0v) is 49.1. The van der Waals surface area contributed by atoms with E-state index in [9.17, 15) is 28.8 Å². The minimum Gasteiger partial charge on any atom is -0.361 e. The number of aromatic amines is 1. The lowest BCUT2D eigenvalue weighted by molar-refractivity contribution is -0.158. The van der Waals surface area contributed by atoms with Crippen LogP contribution in [-0.2, 0) is 51.2 Å². The number of nitrogens with zero attached hydrogens (tertiary/aromatic N) is 6. The molecule has 8 atom stereocenters. The smallest absolute Gasteiger partial charge is 0.249 e. The Balaban J connectivity index is 1.37. The van der Waals surface area contributed by atoms with Crippen LogP contribution in [0.5, 0.6) is 0 Å². The van der Waals surface area contributed by atoms with Crippen molar-refractivity contribution in [3.05, 3.63) is 114 Å². The number of H-pyrrole nitrogens is 1. The van der Waals surface area contributed by atoms with Crippen molar-refractivity contribution in [2.75, 3.05) is 41.8 Å². The summed E-state index contributed by atoms with van der Waals surface area (Å²) < 4.78 is 0. The van der Waals surface area contributed by atoms with Crippen LogP contribution in [0.25, 0.3) is 17.0 Å². The van der Waals surface area contributed by atoms with Crippen molar-refractivity contribution < 1.29 is 38.4 Å². The van der Waals surface area contributed by atoms with Crippen LogP contribution >= 0.6 is 0 Å². The second-order valence-corrected chi connectivity index (χ2v) is 22.6. The summed E-state index contributed by atoms with van der Waals surface area (Å²) in [6.07, 6.45) is 7.41. The molecule has 1 aliphatic heterocycles. The quantitative estimate of drug-likeness (QED) is 0.0647. The van der Waals surface area contributed by atoms with E-state index in [1.165, 1.54) is 36.3 Å². The third-order valence-electron chi connectivity index (χ3n) is 15.4. The van der Waals surface area contributed by atoms with Crippen LogP contribution in [-0.4, -0.2) is 166 Å². The third kappa shape index (κ3) is 15.7. The Bertz CT molecular complexity index is 2760. The number of rotatable bonds is 25. The number of fused-ring (bicyclic) bond motifs is 1. The number of hydrogen-bond donors (Lipinski definition) is 3. The van der Waals surface area contributed by atoms with Gasteiger partial charge in [-0.25, -0.2) is 0 Å². The van der Waals surface area contributed by atoms with Crippen molar-refractivity contribution in [1.29, 1.82) is 0 Å². The molecule has 1 aromatic heterocycles. The van der Waals surface area contributed by atoms with Gasteiger partial charge in [-0.15, -0.1) is 0 Å². The average molecular weight is 1090 g/mol. The summed E-state index contributed by atoms with van der Waals surface area (Å²) in [5.41, 5.74) is 3.47. The zero-order valence-electron chi connectivity index (χ0n) is 49.1. The molecule has 0 unspecified atom stereocenters. The highest BCUT2D eigenvalue weighted by Gasteiger charge is 2.46. The van der Waals surface area contributed by atoms with Gasteiger partial charge in [0, 0.05) is 90.4 Å². The van der Waals surface area contributed by atoms with Crippen molar-refractivity contribution in [2.24, 2.45) is 23.7 Å². The number of benzene rings is 3. The van der Waals surface area contributed by atoms with Gasteiger partial charge < -0.3 is 45.0 Å². The summed E-state index contributed by atoms with van der Waals surface area (Å²) in [7, 11) is 7.94. The van der Waals surface area contributed by atoms with E-state index in [1.807, 2.05) is 153 Å². The molecule has 2 heterocycles. The zero-order chi connectivity index (χ0) is 58.4. The summed E-state index contributed by atoms with van der Waals surface area (Å²) in [4.78, 5) is 127. The molecule has 3 aromatic carbocycles. The summed E-state index contributed by atoms with van der Waals surface area (Å²) in [5, 5.41) is 6.68. The van der Waals surface area contributed by atoms with Crippen molar-refractivity contribution >= 4 is 64.2 Å². The molecule has 428 valence electrons. The van der Waals surface area contributed by atoms with Gasteiger partial charge in [-0.2, -0.15) is 0 Å². The van der Waals surface area contributed by atoms with Crippen molar-refractivity contribution in [3.63, 3.8) is 0 Å². The van der Waals surface area contributed by atoms with Crippen LogP contribution in [0.2, 0.25) is 0 Å². The van der Waals surface area contributed by atoms with E-state index in [0.29, 0.717) is 19.3 Å². The van der Waals surface area contributed by atoms with Gasteiger partial charge in [-0.05, 0) is 66.2 Å². The Hall–Kier alpha value is -7.30. The minimum absolute atomic E-state index is 0.0737. The highest BCUT2D eigenvalue weighted by Crippen LogP contribution is 2.28. The summed E-state index contributed by atoms with van der Waals surface area (Å²) >= 11 is 0. The van der Waals surface area contributed by atoms with Crippen LogP contribution in [0.1, 0.15) is 105 Å². The van der Waals surface area contributed by atoms with E-state index in [1.54, 1.807) is 41.4 Å². The molecule has 1 fully saturated rings. The Kier molecular flexibility index (Phi) is 22.6. The third-order valence-corrected chi connectivity index (χ3v) is 15.4. The molecule has 4 aromatic rings. The summed E-state index contributed by atoms with van der Waals surface area (Å²) in [6.45, 7) is 16.7. The van der Waals surface area contributed by atoms with Crippen molar-refractivity contribution in [3.8, 4) is 0 Å². The van der Waals surface area contributed by atoms with Crippen LogP contribution in [0, 0.1) is 23.7 Å². The normalized spacial score (nSPS) is 16.2. The first-order chi connectivity index (χ1) is 37.4. The highest BCUT2D eigenvalue weighted by atomic mass is 16.2. The number of likely N-dealkylation sites (N-methyl/N-ethyl adjacent to an activating group) is 5. The molecule has 79 heavy (non-hydrogen) atoms. The van der Waals surface area contributed by atoms with Gasteiger partial charge in [0.2, 0.25) is 47.3 Å². The van der Waals surface area contributed by atoms with E-state index in [0.717, 1.165) is 27.6 Å². The van der Waals surface area contributed by atoms with E-state index in [4.69, 9.17) is 0 Å². The van der Waals surface area contributed by atoms with Crippen LogP contribution in [0.4, 0.5) is 0 Å². The SMILES string of the molecule is CC[C@H](C)[C@@H](C(=O)N(C)/C=C\c1c[nH]c2ccccc12)N(C)C(=O)[C@H](C(C)C)N(C)C(=O)[C@H](C(C)C)N(C)C(=O)[C@H](CC(C)C)N(C)C(=O)[C@@H]1CCCN1C(=O)[C@H](Cc1ccccc1)NC(=O)[C@H](Cc1ccccc1)NC(C)=O. The fourth-order valence-corrected chi connectivity index (χ4v) is 11.0. The number of carbonyl (C=O) groups excluding carboxylic acids is 8. The highest BCUT2D eigenvalue weighted by molar-refractivity contribution is 5.98. The van der Waals surface area contributed by atoms with Crippen molar-refractivity contribution in [2.45, 2.75) is 143 Å². The van der Waals surface area contributed by atoms with Gasteiger partial charge in [0.25, 0.3) is 0 Å². The minimum atomic E-state index is -1.10. The van der Waals surface area contributed by atoms with Gasteiger partial charge >= 0.3 is 0 Å². The number of hydrogen-bond acceptors (Lipinski definition) is 8. The second-order valence-electron chi connectivity index (χ2n) is 22.6. The van der Waals surface area contributed by atoms with E-state index < -0.39 is 95.5 Å². The predicted molar refractivity (Wildman–Crippen MR) is 309 cm³/mol. The predicted octanol–water partition coefficient (Wildman–Crippen LogP) is 6.78. The molecule has 3 N–H and O–H groups in total. The van der Waals surface area contributed by atoms with E-state index in [2.05, 4.69) is 15.6 Å². The molecule has 17 heteroatoms. The van der Waals surface area contributed by atoms with Crippen LogP contribution in [0.3, 0.4) is 0 Å². The first-order valence-electron chi connectivity index (χ1n) is 27.9. The number of carbonyl (C=O) groups is 8. The summed E-state index contributed by atoms with van der Waals surface area (Å²) in [6, 6.07) is 19.4. The van der Waals surface area contributed by atoms with Gasteiger partial charge in [-0.3, -0.25) is 38.4 Å². The Morgan fingerprint density at radius 1 is 0.646 bits per heavy atom. The molecule has 17 nitrogen and oxygen atoms in total. The Labute approximate surface area is 468 Å². The summed E-state index contributed by atoms with van der Waals surface area (Å²) in [5.74, 6) is -4.67. The van der Waals surface area contributed by atoms with Gasteiger partial charge in [0.1, 0.15) is 42.3 Å². The van der Waals surface area contributed by atoms with Crippen molar-refractivity contribution in [1.82, 2.24) is 45.0 Å². The van der Waals surface area contributed by atoms with E-state index >= 15 is 9.59 Å². The van der Waals surface area contributed by atoms with E-state index in [-0.39, 0.29) is 43.6 Å². The Morgan fingerprint density at radius 3 is 1.70 bits per heavy atom. The maximum atomic E-state index is 15.1. The number of likely N-dealkylation sites (tertiary alicyclic amines) is 1. The van der Waals surface area contributed by atoms with Gasteiger partial charge in [0.15, 0.2) is 0 Å². The molecular weight excluding hydrogens is 999 g/mol. The molecule has 1 saturated heterocycles. The van der Waals surface area contributed by atoms with Crippen LogP contribution in [0.15, 0.2) is 97.3 Å². The average Bonchev–Trinajstić information content (AvgIpc) is 4.12. The fraction of sp³-hybridized carbons (Fsp3) is 0.516. The first-order valence-corrected chi connectivity index (χ1v) is 27.9. The maximum absolute atomic E-state index is 15.1. The van der Waals surface area contributed by atoms with Gasteiger partial charge in [0.05, 0.1) is 0 Å². The molecule has 0 bridgehead atoms. The molecule has 0 saturated carbocycles. The maximum Gasteiger partial charge on any atom is 0.249 e. The number of para-hydroxylation sites is 1. The molecule has 0 spiro atoms. The fourth-order valence-electron chi connectivity index (χ4n) is 11.0. The molecule has 0 radical (unpaired) electrons. The molecule has 0 aliphatic carbocycles. The monoisotopic (exact) mass is 1090 g/mol. The number of nitrogens with one attached hydrogen (secondary N) is 3. The van der Waals surface area contributed by atoms with Gasteiger partial charge in [-0.1, -0.05) is 141 Å². The lowest BCUT2D eigenvalue weighted by Crippen LogP contribution is -2.62. The second kappa shape index (κ2) is 28.5. The lowest BCUT2D eigenvalue weighted by Gasteiger charge is -2.42. The first kappa shape index (κ1) is 62.5. The topological polar surface area (TPSA) is 196 Å². The largest absolute Gasteiger partial charge is 0.361 e. The standard InChI is InChI=1S/C62H87N9O8/c1-15-42(8)55(60(77)66(10)34-32-46-38-63-48-30-23-22-29-47(46)48)70(14)62(79)54(41(6)7)69(13)61(78)53(40(4)5)68(12)59(76)52(35-39(2)3)67(11)58(75)51-31-24-33-71(51)57(74)50(37-45-27-20-17-21-28-45)65-56(73)49(64-43(9)72)36-44-25-18-16-19-26-44/h16-23,25-30,32,34,38-42,49-55,63H,15,24,31,33,35-37H2,1-14H3,(H,64,72)(H,65,73)/b34-32-/t42-,49-,50-,51-,52-,53-,54-,55-/m0/s1. The molecule has 8 amide bonds. The molecule has 1 aliphatic rings. The lowest BCUT2D eigenvalue weighted by atomic mass is 9.93. The number of aromatic nitrogens is 1. The number of amides is 8. The molecular formula is C62H87N9O8.